The van der Waals surface area contributed by atoms with Gasteiger partial charge in [0.05, 0.1) is 6.33 Å². The lowest BCUT2D eigenvalue weighted by atomic mass is 10.2. The molecule has 0 aliphatic rings. The van der Waals surface area contributed by atoms with E-state index in [4.69, 9.17) is 16.9 Å². The first-order chi connectivity index (χ1) is 10.3. The first kappa shape index (κ1) is 13.6. The Morgan fingerprint density at radius 2 is 2.14 bits per heavy atom. The van der Waals surface area contributed by atoms with Crippen LogP contribution in [-0.4, -0.2) is 13.9 Å². The number of imidazole rings is 1. The average molecular weight is 316 g/mol. The van der Waals surface area contributed by atoms with E-state index in [-0.39, 0.29) is 5.15 Å². The Hall–Kier alpha value is -2.36. The Kier molecular flexibility index (Phi) is 3.86. The third-order valence-electron chi connectivity index (χ3n) is 2.90. The van der Waals surface area contributed by atoms with E-state index >= 15 is 0 Å². The lowest BCUT2D eigenvalue weighted by Crippen LogP contribution is -1.96. The van der Waals surface area contributed by atoms with Crippen LogP contribution in [0.2, 0.25) is 5.15 Å². The summed E-state index contributed by atoms with van der Waals surface area (Å²) in [5.74, 6) is 0. The van der Waals surface area contributed by atoms with E-state index in [0.717, 1.165) is 12.2 Å². The normalized spacial score (nSPS) is 10.3. The molecule has 5 nitrogen and oxygen atoms in total. The molecular weight excluding hydrogens is 306 g/mol. The molecule has 0 fully saturated rings. The minimum atomic E-state index is 0.238. The largest absolute Gasteiger partial charge is 0.345 e. The number of rotatable bonds is 4. The molecule has 104 valence electrons. The molecule has 0 spiro atoms. The zero-order valence-electron chi connectivity index (χ0n) is 10.8. The van der Waals surface area contributed by atoms with E-state index in [9.17, 15) is 0 Å². The number of aromatic nitrogens is 3. The molecule has 2 aromatic heterocycles. The summed E-state index contributed by atoms with van der Waals surface area (Å²) in [5.41, 5.74) is 2.44. The van der Waals surface area contributed by atoms with Crippen molar-refractivity contribution in [3.8, 4) is 6.07 Å². The van der Waals surface area contributed by atoms with E-state index in [1.165, 1.54) is 17.1 Å². The maximum atomic E-state index is 9.04. The number of anilines is 2. The molecule has 7 heteroatoms. The second-order valence-corrected chi connectivity index (χ2v) is 5.48. The molecule has 0 atom stereocenters. The monoisotopic (exact) mass is 315 g/mol. The summed E-state index contributed by atoms with van der Waals surface area (Å²) in [4.78, 5) is 4.02. The van der Waals surface area contributed by atoms with Crippen LogP contribution in [0.15, 0.2) is 43.0 Å². The minimum Gasteiger partial charge on any atom is -0.345 e. The van der Waals surface area contributed by atoms with Crippen molar-refractivity contribution in [1.29, 1.82) is 5.26 Å². The van der Waals surface area contributed by atoms with Crippen LogP contribution in [0.5, 0.6) is 0 Å². The zero-order valence-corrected chi connectivity index (χ0v) is 12.4. The van der Waals surface area contributed by atoms with Gasteiger partial charge in [-0.25, -0.2) is 4.98 Å². The van der Waals surface area contributed by atoms with Gasteiger partial charge in [-0.05, 0) is 29.2 Å². The fraction of sp³-hybridized carbons (Fsp3) is 0.0714. The van der Waals surface area contributed by atoms with Crippen LogP contribution < -0.4 is 5.32 Å². The molecule has 2 heterocycles. The summed E-state index contributed by atoms with van der Waals surface area (Å²) in [6.07, 6.45) is 5.46. The average Bonchev–Trinajstić information content (AvgIpc) is 3.11. The molecule has 3 aromatic rings. The predicted molar refractivity (Wildman–Crippen MR) is 82.9 cm³/mol. The van der Waals surface area contributed by atoms with Crippen LogP contribution in [0, 0.1) is 11.3 Å². The van der Waals surface area contributed by atoms with Gasteiger partial charge in [0.25, 0.3) is 0 Å². The van der Waals surface area contributed by atoms with Crippen LogP contribution >= 0.6 is 23.1 Å². The van der Waals surface area contributed by atoms with Gasteiger partial charge in [-0.1, -0.05) is 23.7 Å². The summed E-state index contributed by atoms with van der Waals surface area (Å²) in [6.45, 7) is 0.774. The van der Waals surface area contributed by atoms with Gasteiger partial charge in [0.15, 0.2) is 5.15 Å². The Bertz CT molecular complexity index is 771. The first-order valence-electron chi connectivity index (χ1n) is 6.13. The number of hydrogen-bond donors (Lipinski definition) is 1. The molecule has 0 saturated carbocycles. The summed E-state index contributed by atoms with van der Waals surface area (Å²) >= 11 is 7.02. The van der Waals surface area contributed by atoms with Crippen LogP contribution in [0.25, 0.3) is 0 Å². The molecule has 0 radical (unpaired) electrons. The molecule has 1 aromatic carbocycles. The lowest BCUT2D eigenvalue weighted by Gasteiger charge is -2.06. The Labute approximate surface area is 130 Å². The van der Waals surface area contributed by atoms with Gasteiger partial charge in [0.2, 0.25) is 0 Å². The molecule has 0 unspecified atom stereocenters. The maximum Gasteiger partial charge on any atom is 0.162 e. The SMILES string of the molecule is N#Cc1c(Cl)nsc1Nc1ccc(Cn2ccnc2)cc1. The molecule has 1 N–H and O–H groups in total. The topological polar surface area (TPSA) is 66.5 Å². The van der Waals surface area contributed by atoms with Crippen molar-refractivity contribution >= 4 is 33.8 Å². The van der Waals surface area contributed by atoms with Crippen molar-refractivity contribution in [2.45, 2.75) is 6.54 Å². The van der Waals surface area contributed by atoms with Crippen molar-refractivity contribution in [2.75, 3.05) is 5.32 Å². The zero-order chi connectivity index (χ0) is 14.7. The van der Waals surface area contributed by atoms with Crippen molar-refractivity contribution in [1.82, 2.24) is 13.9 Å². The van der Waals surface area contributed by atoms with Gasteiger partial charge >= 0.3 is 0 Å². The van der Waals surface area contributed by atoms with Crippen LogP contribution in [-0.2, 0) is 6.54 Å². The van der Waals surface area contributed by atoms with Crippen molar-refractivity contribution in [2.24, 2.45) is 0 Å². The minimum absolute atomic E-state index is 0.238. The van der Waals surface area contributed by atoms with E-state index < -0.39 is 0 Å². The van der Waals surface area contributed by atoms with E-state index in [2.05, 4.69) is 14.7 Å². The highest BCUT2D eigenvalue weighted by Crippen LogP contribution is 2.30. The van der Waals surface area contributed by atoms with Crippen molar-refractivity contribution in [3.63, 3.8) is 0 Å². The highest BCUT2D eigenvalue weighted by Gasteiger charge is 2.11. The summed E-state index contributed by atoms with van der Waals surface area (Å²) in [5, 5.41) is 13.1. The van der Waals surface area contributed by atoms with Gasteiger partial charge in [0.1, 0.15) is 16.6 Å². The van der Waals surface area contributed by atoms with E-state index in [0.29, 0.717) is 10.6 Å². The molecule has 0 aliphatic heterocycles. The molecule has 0 amide bonds. The molecule has 0 saturated heterocycles. The fourth-order valence-electron chi connectivity index (χ4n) is 1.87. The number of hydrogen-bond acceptors (Lipinski definition) is 5. The lowest BCUT2D eigenvalue weighted by molar-refractivity contribution is 0.797. The van der Waals surface area contributed by atoms with Gasteiger partial charge in [-0.3, -0.25) is 0 Å². The molecule has 0 aliphatic carbocycles. The highest BCUT2D eigenvalue weighted by atomic mass is 35.5. The third kappa shape index (κ3) is 3.05. The Morgan fingerprint density at radius 1 is 1.33 bits per heavy atom. The number of nitriles is 1. The number of nitrogens with one attached hydrogen (secondary N) is 1. The number of halogens is 1. The summed E-state index contributed by atoms with van der Waals surface area (Å²) in [6, 6.07) is 10.0. The van der Waals surface area contributed by atoms with Gasteiger partial charge in [-0.2, -0.15) is 9.64 Å². The quantitative estimate of drug-likeness (QED) is 0.798. The second kappa shape index (κ2) is 5.95. The predicted octanol–water partition coefficient (Wildman–Crippen LogP) is 3.66. The van der Waals surface area contributed by atoms with Gasteiger partial charge < -0.3 is 9.88 Å². The van der Waals surface area contributed by atoms with Crippen molar-refractivity contribution in [3.05, 3.63) is 59.3 Å². The summed E-state index contributed by atoms with van der Waals surface area (Å²) < 4.78 is 5.96. The summed E-state index contributed by atoms with van der Waals surface area (Å²) in [7, 11) is 0. The third-order valence-corrected chi connectivity index (χ3v) is 4.03. The Morgan fingerprint density at radius 3 is 2.81 bits per heavy atom. The highest BCUT2D eigenvalue weighted by molar-refractivity contribution is 7.10. The van der Waals surface area contributed by atoms with Crippen LogP contribution in [0.4, 0.5) is 10.7 Å². The molecule has 0 bridgehead atoms. The maximum absolute atomic E-state index is 9.04. The fourth-order valence-corrected chi connectivity index (χ4v) is 2.82. The molecule has 3 rings (SSSR count). The second-order valence-electron chi connectivity index (χ2n) is 4.35. The van der Waals surface area contributed by atoms with Gasteiger partial charge in [0, 0.05) is 24.6 Å². The van der Waals surface area contributed by atoms with E-state index in [1.54, 1.807) is 12.5 Å². The molecular formula is C14H10ClN5S. The number of benzene rings is 1. The van der Waals surface area contributed by atoms with Crippen LogP contribution in [0.1, 0.15) is 11.1 Å². The van der Waals surface area contributed by atoms with Gasteiger partial charge in [-0.15, -0.1) is 0 Å². The van der Waals surface area contributed by atoms with E-state index in [1.807, 2.05) is 41.1 Å². The Balaban J connectivity index is 1.74. The number of nitrogens with zero attached hydrogens (tertiary/aromatic N) is 4. The van der Waals surface area contributed by atoms with Crippen molar-refractivity contribution < 1.29 is 0 Å². The van der Waals surface area contributed by atoms with Crippen LogP contribution in [0.3, 0.4) is 0 Å². The standard InChI is InChI=1S/C14H10ClN5S/c15-13-12(7-16)14(21-19-13)18-11-3-1-10(2-4-11)8-20-6-5-17-9-20/h1-6,9,18H,8H2. The first-order valence-corrected chi connectivity index (χ1v) is 7.28. The molecule has 21 heavy (non-hydrogen) atoms. The smallest absolute Gasteiger partial charge is 0.162 e.